The third-order valence-electron chi connectivity index (χ3n) is 5.26. The highest BCUT2D eigenvalue weighted by atomic mass is 32.2. The van der Waals surface area contributed by atoms with E-state index < -0.39 is 15.9 Å². The standard InChI is InChI=1S/C20H22N2O4S/c1-10-11(2)13(4)19(14(5)12(10)3)27(24,25)22-17-15-8-6-7-9-16(15)26-18(17)20(21)23/h6-9,22H,1-5H3,(H2,21,23). The SMILES string of the molecule is Cc1c(C)c(C)c(S(=O)(=O)Nc2c(C(N)=O)oc3ccccc23)c(C)c1C. The van der Waals surface area contributed by atoms with E-state index in [1.165, 1.54) is 0 Å². The molecule has 3 rings (SSSR count). The summed E-state index contributed by atoms with van der Waals surface area (Å²) in [4.78, 5) is 12.0. The Morgan fingerprint density at radius 3 is 2.00 bits per heavy atom. The smallest absolute Gasteiger partial charge is 0.286 e. The molecular weight excluding hydrogens is 364 g/mol. The van der Waals surface area contributed by atoms with Gasteiger partial charge in [-0.25, -0.2) is 8.42 Å². The molecule has 2 aromatic carbocycles. The van der Waals surface area contributed by atoms with Crippen molar-refractivity contribution in [3.05, 3.63) is 57.8 Å². The Kier molecular flexibility index (Phi) is 4.51. The number of carbonyl (C=O) groups is 1. The molecule has 0 atom stereocenters. The maximum absolute atomic E-state index is 13.3. The van der Waals surface area contributed by atoms with Crippen molar-refractivity contribution in [1.29, 1.82) is 0 Å². The summed E-state index contributed by atoms with van der Waals surface area (Å²) in [5.74, 6) is -1.05. The number of furan rings is 1. The lowest BCUT2D eigenvalue weighted by Gasteiger charge is -2.19. The summed E-state index contributed by atoms with van der Waals surface area (Å²) < 4.78 is 34.5. The van der Waals surface area contributed by atoms with E-state index in [2.05, 4.69) is 4.72 Å². The number of primary amides is 1. The van der Waals surface area contributed by atoms with Crippen LogP contribution in [-0.2, 0) is 10.0 Å². The number of hydrogen-bond donors (Lipinski definition) is 2. The van der Waals surface area contributed by atoms with Crippen LogP contribution in [0.3, 0.4) is 0 Å². The number of sulfonamides is 1. The molecule has 3 N–H and O–H groups in total. The zero-order valence-corrected chi connectivity index (χ0v) is 16.7. The van der Waals surface area contributed by atoms with Gasteiger partial charge in [0.2, 0.25) is 5.76 Å². The molecule has 0 aliphatic rings. The molecular formula is C20H22N2O4S. The lowest BCUT2D eigenvalue weighted by Crippen LogP contribution is -2.20. The monoisotopic (exact) mass is 386 g/mol. The number of nitrogens with one attached hydrogen (secondary N) is 1. The van der Waals surface area contributed by atoms with Crippen LogP contribution in [0.4, 0.5) is 5.69 Å². The van der Waals surface area contributed by atoms with Crippen molar-refractivity contribution in [2.45, 2.75) is 39.5 Å². The molecule has 3 aromatic rings. The van der Waals surface area contributed by atoms with Crippen molar-refractivity contribution in [2.75, 3.05) is 4.72 Å². The third-order valence-corrected chi connectivity index (χ3v) is 6.88. The van der Waals surface area contributed by atoms with Gasteiger partial charge in [-0.3, -0.25) is 9.52 Å². The normalized spacial score (nSPS) is 11.7. The quantitative estimate of drug-likeness (QED) is 0.710. The van der Waals surface area contributed by atoms with Crippen molar-refractivity contribution in [3.8, 4) is 0 Å². The number of amides is 1. The topological polar surface area (TPSA) is 102 Å². The number of benzene rings is 2. The zero-order valence-electron chi connectivity index (χ0n) is 15.9. The summed E-state index contributed by atoms with van der Waals surface area (Å²) in [6.45, 7) is 9.34. The van der Waals surface area contributed by atoms with Gasteiger partial charge in [0.15, 0.2) is 0 Å². The lowest BCUT2D eigenvalue weighted by atomic mass is 9.95. The van der Waals surface area contributed by atoms with E-state index in [1.54, 1.807) is 38.1 Å². The van der Waals surface area contributed by atoms with Crippen LogP contribution in [0.1, 0.15) is 38.4 Å². The summed E-state index contributed by atoms with van der Waals surface area (Å²) in [5.41, 5.74) is 10.1. The largest absolute Gasteiger partial charge is 0.449 e. The van der Waals surface area contributed by atoms with Gasteiger partial charge in [-0.05, 0) is 74.6 Å². The Balaban J connectivity index is 2.25. The van der Waals surface area contributed by atoms with Gasteiger partial charge in [-0.1, -0.05) is 12.1 Å². The molecule has 0 saturated heterocycles. The van der Waals surface area contributed by atoms with Crippen LogP contribution < -0.4 is 10.5 Å². The number of para-hydroxylation sites is 1. The third kappa shape index (κ3) is 2.98. The first-order valence-electron chi connectivity index (χ1n) is 8.47. The molecule has 0 radical (unpaired) electrons. The van der Waals surface area contributed by atoms with Crippen molar-refractivity contribution in [3.63, 3.8) is 0 Å². The summed E-state index contributed by atoms with van der Waals surface area (Å²) in [6.07, 6.45) is 0. The minimum Gasteiger partial charge on any atom is -0.449 e. The Morgan fingerprint density at radius 1 is 0.926 bits per heavy atom. The second-order valence-corrected chi connectivity index (χ2v) is 8.35. The summed E-state index contributed by atoms with van der Waals surface area (Å²) >= 11 is 0. The molecule has 1 heterocycles. The number of anilines is 1. The minimum atomic E-state index is -3.97. The van der Waals surface area contributed by atoms with Gasteiger partial charge in [0, 0.05) is 5.39 Å². The van der Waals surface area contributed by atoms with Crippen LogP contribution in [0, 0.1) is 34.6 Å². The van der Waals surface area contributed by atoms with Crippen molar-refractivity contribution in [1.82, 2.24) is 0 Å². The number of nitrogens with two attached hydrogens (primary N) is 1. The van der Waals surface area contributed by atoms with Crippen molar-refractivity contribution in [2.24, 2.45) is 5.73 Å². The Bertz CT molecular complexity index is 1160. The van der Waals surface area contributed by atoms with Gasteiger partial charge in [0.05, 0.1) is 4.90 Å². The second-order valence-electron chi connectivity index (χ2n) is 6.73. The number of rotatable bonds is 4. The van der Waals surface area contributed by atoms with Gasteiger partial charge in [0.25, 0.3) is 15.9 Å². The fourth-order valence-electron chi connectivity index (χ4n) is 3.37. The van der Waals surface area contributed by atoms with Gasteiger partial charge >= 0.3 is 0 Å². The highest BCUT2D eigenvalue weighted by Gasteiger charge is 2.28. The van der Waals surface area contributed by atoms with Gasteiger partial charge in [-0.2, -0.15) is 0 Å². The predicted octanol–water partition coefficient (Wildman–Crippen LogP) is 3.87. The van der Waals surface area contributed by atoms with E-state index in [0.29, 0.717) is 22.1 Å². The number of fused-ring (bicyclic) bond motifs is 1. The fourth-order valence-corrected chi connectivity index (χ4v) is 5.06. The van der Waals surface area contributed by atoms with Gasteiger partial charge in [0.1, 0.15) is 11.3 Å². The first kappa shape index (κ1) is 19.0. The van der Waals surface area contributed by atoms with E-state index in [1.807, 2.05) is 20.8 Å². The van der Waals surface area contributed by atoms with Gasteiger partial charge in [-0.15, -0.1) is 0 Å². The Labute approximate surface area is 158 Å². The van der Waals surface area contributed by atoms with E-state index in [9.17, 15) is 13.2 Å². The highest BCUT2D eigenvalue weighted by Crippen LogP contribution is 2.35. The van der Waals surface area contributed by atoms with Crippen LogP contribution >= 0.6 is 0 Å². The van der Waals surface area contributed by atoms with E-state index in [-0.39, 0.29) is 16.3 Å². The van der Waals surface area contributed by atoms with Crippen molar-refractivity contribution >= 4 is 32.6 Å². The molecule has 0 bridgehead atoms. The van der Waals surface area contributed by atoms with Gasteiger partial charge < -0.3 is 10.2 Å². The number of carbonyl (C=O) groups excluding carboxylic acids is 1. The van der Waals surface area contributed by atoms with Crippen LogP contribution in [0.2, 0.25) is 0 Å². The molecule has 0 saturated carbocycles. The molecule has 1 aromatic heterocycles. The molecule has 142 valence electrons. The maximum Gasteiger partial charge on any atom is 0.286 e. The molecule has 0 fully saturated rings. The highest BCUT2D eigenvalue weighted by molar-refractivity contribution is 7.92. The summed E-state index contributed by atoms with van der Waals surface area (Å²) in [6, 6.07) is 6.79. The summed E-state index contributed by atoms with van der Waals surface area (Å²) in [7, 11) is -3.97. The van der Waals surface area contributed by atoms with Crippen molar-refractivity contribution < 1.29 is 17.6 Å². The Hall–Kier alpha value is -2.80. The minimum absolute atomic E-state index is 0.0628. The van der Waals surface area contributed by atoms with Crippen LogP contribution in [0.15, 0.2) is 33.6 Å². The molecule has 7 heteroatoms. The first-order valence-corrected chi connectivity index (χ1v) is 9.95. The van der Waals surface area contributed by atoms with Crippen LogP contribution in [-0.4, -0.2) is 14.3 Å². The maximum atomic E-state index is 13.3. The Morgan fingerprint density at radius 2 is 1.44 bits per heavy atom. The fraction of sp³-hybridized carbons (Fsp3) is 0.250. The van der Waals surface area contributed by atoms with Crippen LogP contribution in [0.5, 0.6) is 0 Å². The second kappa shape index (κ2) is 6.42. The van der Waals surface area contributed by atoms with E-state index in [4.69, 9.17) is 10.2 Å². The molecule has 27 heavy (non-hydrogen) atoms. The van der Waals surface area contributed by atoms with E-state index >= 15 is 0 Å². The zero-order chi connectivity index (χ0) is 20.1. The average Bonchev–Trinajstić information content (AvgIpc) is 2.96. The average molecular weight is 386 g/mol. The van der Waals surface area contributed by atoms with E-state index in [0.717, 1.165) is 16.7 Å². The van der Waals surface area contributed by atoms with Crippen LogP contribution in [0.25, 0.3) is 11.0 Å². The lowest BCUT2D eigenvalue weighted by molar-refractivity contribution is 0.0977. The molecule has 1 amide bonds. The molecule has 0 aliphatic carbocycles. The molecule has 6 nitrogen and oxygen atoms in total. The summed E-state index contributed by atoms with van der Waals surface area (Å²) in [5, 5.41) is 0.478. The predicted molar refractivity (Wildman–Crippen MR) is 106 cm³/mol. The molecule has 0 aliphatic heterocycles. The first-order chi connectivity index (χ1) is 12.6. The molecule has 0 spiro atoms. The number of hydrogen-bond acceptors (Lipinski definition) is 4. The molecule has 0 unspecified atom stereocenters.